The molecule has 0 unspecified atom stereocenters. The molecule has 0 radical (unpaired) electrons. The van der Waals surface area contributed by atoms with Crippen LogP contribution in [0.4, 0.5) is 0 Å². The summed E-state index contributed by atoms with van der Waals surface area (Å²) in [6, 6.07) is 16.7. The number of nitrogens with zero attached hydrogens (tertiary/aromatic N) is 4. The number of benzene rings is 2. The molecule has 0 aliphatic rings. The van der Waals surface area contributed by atoms with E-state index in [0.29, 0.717) is 17.0 Å². The summed E-state index contributed by atoms with van der Waals surface area (Å²) >= 11 is 1.62. The van der Waals surface area contributed by atoms with Crippen LogP contribution in [0, 0.1) is 6.92 Å². The number of fused-ring (bicyclic) bond motifs is 1. The number of hydrogen-bond donors (Lipinski definition) is 1. The van der Waals surface area contributed by atoms with Gasteiger partial charge in [0.2, 0.25) is 0 Å². The monoisotopic (exact) mass is 405 g/mol. The average molecular weight is 405 g/mol. The number of pyridine rings is 1. The molecular weight excluding hydrogens is 386 g/mol. The van der Waals surface area contributed by atoms with Crippen molar-refractivity contribution in [3.8, 4) is 5.75 Å². The summed E-state index contributed by atoms with van der Waals surface area (Å²) in [5.74, 6) is 0.413. The SMILES string of the molecule is CSc1cc(C(=O)NCc2cc(On3nnc4ccccc43)ccn2)ccc1C. The van der Waals surface area contributed by atoms with Gasteiger partial charge in [0.05, 0.1) is 12.2 Å². The number of amides is 1. The summed E-state index contributed by atoms with van der Waals surface area (Å²) in [6.07, 6.45) is 3.63. The molecule has 8 heteroatoms. The fourth-order valence-electron chi connectivity index (χ4n) is 2.86. The topological polar surface area (TPSA) is 81.9 Å². The van der Waals surface area contributed by atoms with Crippen LogP contribution in [0.2, 0.25) is 0 Å². The predicted octanol–water partition coefficient (Wildman–Crippen LogP) is 3.63. The summed E-state index contributed by atoms with van der Waals surface area (Å²) in [4.78, 5) is 25.0. The number of para-hydroxylation sites is 1. The van der Waals surface area contributed by atoms with Gasteiger partial charge in [-0.25, -0.2) is 0 Å². The van der Waals surface area contributed by atoms with Crippen molar-refractivity contribution in [1.29, 1.82) is 0 Å². The van der Waals surface area contributed by atoms with Gasteiger partial charge in [-0.3, -0.25) is 9.78 Å². The molecule has 0 aliphatic carbocycles. The van der Waals surface area contributed by atoms with Crippen molar-refractivity contribution in [1.82, 2.24) is 25.5 Å². The molecule has 0 aliphatic heterocycles. The van der Waals surface area contributed by atoms with Crippen molar-refractivity contribution in [2.24, 2.45) is 0 Å². The van der Waals surface area contributed by atoms with Gasteiger partial charge in [0.1, 0.15) is 11.0 Å². The van der Waals surface area contributed by atoms with Gasteiger partial charge in [0.15, 0.2) is 5.75 Å². The second-order valence-corrected chi connectivity index (χ2v) is 7.24. The minimum atomic E-state index is -0.143. The third-order valence-electron chi connectivity index (χ3n) is 4.40. The van der Waals surface area contributed by atoms with E-state index in [0.717, 1.165) is 21.5 Å². The van der Waals surface area contributed by atoms with Gasteiger partial charge < -0.3 is 10.2 Å². The van der Waals surface area contributed by atoms with Crippen LogP contribution in [0.3, 0.4) is 0 Å². The third-order valence-corrected chi connectivity index (χ3v) is 5.28. The molecular formula is C21H19N5O2S. The maximum atomic E-state index is 12.5. The van der Waals surface area contributed by atoms with Crippen molar-refractivity contribution in [2.75, 3.05) is 6.26 Å². The Labute approximate surface area is 172 Å². The number of aryl methyl sites for hydroxylation is 1. The quantitative estimate of drug-likeness (QED) is 0.493. The van der Waals surface area contributed by atoms with E-state index in [1.54, 1.807) is 30.1 Å². The highest BCUT2D eigenvalue weighted by Gasteiger charge is 2.10. The Hall–Kier alpha value is -3.39. The highest BCUT2D eigenvalue weighted by atomic mass is 32.2. The molecule has 0 atom stereocenters. The number of carbonyl (C=O) groups is 1. The Morgan fingerprint density at radius 2 is 2.03 bits per heavy atom. The summed E-state index contributed by atoms with van der Waals surface area (Å²) in [5, 5.41) is 11.0. The number of rotatable bonds is 6. The van der Waals surface area contributed by atoms with Gasteiger partial charge in [-0.05, 0) is 48.2 Å². The number of thioether (sulfide) groups is 1. The van der Waals surface area contributed by atoms with Crippen LogP contribution in [-0.2, 0) is 6.54 Å². The van der Waals surface area contributed by atoms with Crippen molar-refractivity contribution in [3.63, 3.8) is 0 Å². The molecule has 2 aromatic heterocycles. The zero-order valence-corrected chi connectivity index (χ0v) is 16.8. The van der Waals surface area contributed by atoms with E-state index in [-0.39, 0.29) is 12.5 Å². The molecule has 4 rings (SSSR count). The van der Waals surface area contributed by atoms with E-state index in [9.17, 15) is 4.79 Å². The number of hydrogen-bond acceptors (Lipinski definition) is 6. The van der Waals surface area contributed by atoms with Crippen molar-refractivity contribution >= 4 is 28.7 Å². The second kappa shape index (κ2) is 8.32. The van der Waals surface area contributed by atoms with Crippen molar-refractivity contribution < 1.29 is 9.63 Å². The van der Waals surface area contributed by atoms with E-state index in [2.05, 4.69) is 20.6 Å². The maximum absolute atomic E-state index is 12.5. The molecule has 4 aromatic rings. The summed E-state index contributed by atoms with van der Waals surface area (Å²) in [5.41, 5.74) is 3.97. The first-order valence-corrected chi connectivity index (χ1v) is 10.2. The smallest absolute Gasteiger partial charge is 0.251 e. The largest absolute Gasteiger partial charge is 0.356 e. The Kier molecular flexibility index (Phi) is 5.44. The fraction of sp³-hybridized carbons (Fsp3) is 0.143. The van der Waals surface area contributed by atoms with Crippen LogP contribution in [0.5, 0.6) is 5.75 Å². The molecule has 146 valence electrons. The van der Waals surface area contributed by atoms with Crippen LogP contribution < -0.4 is 10.2 Å². The minimum absolute atomic E-state index is 0.143. The molecule has 0 bridgehead atoms. The predicted molar refractivity (Wildman–Crippen MR) is 112 cm³/mol. The highest BCUT2D eigenvalue weighted by molar-refractivity contribution is 7.98. The zero-order valence-electron chi connectivity index (χ0n) is 16.0. The Bertz CT molecular complexity index is 1170. The van der Waals surface area contributed by atoms with Crippen LogP contribution in [0.25, 0.3) is 11.0 Å². The first-order valence-electron chi connectivity index (χ1n) is 9.00. The van der Waals surface area contributed by atoms with Crippen LogP contribution in [0.15, 0.2) is 65.7 Å². The minimum Gasteiger partial charge on any atom is -0.356 e. The van der Waals surface area contributed by atoms with Gasteiger partial charge in [-0.15, -0.1) is 16.9 Å². The number of carbonyl (C=O) groups excluding carboxylic acids is 1. The fourth-order valence-corrected chi connectivity index (χ4v) is 3.49. The standard InChI is InChI=1S/C21H19N5O2S/c1-14-7-8-15(11-20(14)29-2)21(27)23-13-16-12-17(9-10-22-16)28-26-19-6-4-3-5-18(19)24-25-26/h3-12H,13H2,1-2H3,(H,23,27). The number of nitrogens with one attached hydrogen (secondary N) is 1. The van der Waals surface area contributed by atoms with Gasteiger partial charge in [-0.1, -0.05) is 23.0 Å². The van der Waals surface area contributed by atoms with E-state index < -0.39 is 0 Å². The van der Waals surface area contributed by atoms with E-state index in [1.807, 2.05) is 55.6 Å². The second-order valence-electron chi connectivity index (χ2n) is 6.39. The molecule has 0 saturated heterocycles. The van der Waals surface area contributed by atoms with E-state index >= 15 is 0 Å². The maximum Gasteiger partial charge on any atom is 0.251 e. The first kappa shape index (κ1) is 18.9. The summed E-state index contributed by atoms with van der Waals surface area (Å²) in [6.45, 7) is 2.32. The van der Waals surface area contributed by atoms with Gasteiger partial charge in [0, 0.05) is 28.8 Å². The lowest BCUT2D eigenvalue weighted by Gasteiger charge is -2.09. The van der Waals surface area contributed by atoms with Crippen molar-refractivity contribution in [2.45, 2.75) is 18.4 Å². The van der Waals surface area contributed by atoms with E-state index in [1.165, 1.54) is 4.85 Å². The van der Waals surface area contributed by atoms with Crippen LogP contribution in [0.1, 0.15) is 21.6 Å². The molecule has 1 amide bonds. The average Bonchev–Trinajstić information content (AvgIpc) is 3.15. The molecule has 1 N–H and O–H groups in total. The highest BCUT2D eigenvalue weighted by Crippen LogP contribution is 2.21. The molecule has 2 heterocycles. The normalized spacial score (nSPS) is 10.8. The van der Waals surface area contributed by atoms with Gasteiger partial charge >= 0.3 is 0 Å². The van der Waals surface area contributed by atoms with Gasteiger partial charge in [0.25, 0.3) is 5.91 Å². The first-order chi connectivity index (χ1) is 14.1. The lowest BCUT2D eigenvalue weighted by atomic mass is 10.1. The van der Waals surface area contributed by atoms with E-state index in [4.69, 9.17) is 4.84 Å². The van der Waals surface area contributed by atoms with Crippen LogP contribution >= 0.6 is 11.8 Å². The molecule has 29 heavy (non-hydrogen) atoms. The lowest BCUT2D eigenvalue weighted by molar-refractivity contribution is 0.0950. The molecule has 2 aromatic carbocycles. The number of aromatic nitrogens is 4. The Morgan fingerprint density at radius 1 is 1.17 bits per heavy atom. The summed E-state index contributed by atoms with van der Waals surface area (Å²) < 4.78 is 0. The summed E-state index contributed by atoms with van der Waals surface area (Å²) in [7, 11) is 0. The van der Waals surface area contributed by atoms with Crippen molar-refractivity contribution in [3.05, 3.63) is 77.6 Å². The molecule has 7 nitrogen and oxygen atoms in total. The third kappa shape index (κ3) is 4.22. The zero-order chi connectivity index (χ0) is 20.2. The molecule has 0 saturated carbocycles. The Morgan fingerprint density at radius 3 is 2.90 bits per heavy atom. The molecule has 0 spiro atoms. The lowest BCUT2D eigenvalue weighted by Crippen LogP contribution is -2.23. The molecule has 0 fully saturated rings. The van der Waals surface area contributed by atoms with Crippen LogP contribution in [-0.4, -0.2) is 32.3 Å². The Balaban J connectivity index is 1.44. The van der Waals surface area contributed by atoms with Gasteiger partial charge in [-0.2, -0.15) is 0 Å².